The smallest absolute Gasteiger partial charge is 1.00 e. The molecule has 1 radical (unpaired) electrons. The number of allylic oxidation sites excluding steroid dienone is 7. The van der Waals surface area contributed by atoms with Crippen LogP contribution in [0.1, 0.15) is 19.8 Å². The number of hydrogen-bond acceptors (Lipinski definition) is 1. The van der Waals surface area contributed by atoms with Gasteiger partial charge < -0.3 is 24.8 Å². The molecule has 0 saturated carbocycles. The van der Waals surface area contributed by atoms with Gasteiger partial charge >= 0.3 is 21.7 Å². The van der Waals surface area contributed by atoms with E-state index in [9.17, 15) is 0 Å². The molecule has 2 aliphatic rings. The third-order valence-corrected chi connectivity index (χ3v) is 11.9. The molecule has 0 fully saturated rings. The van der Waals surface area contributed by atoms with E-state index in [4.69, 9.17) is 0 Å². The van der Waals surface area contributed by atoms with Crippen LogP contribution >= 0.6 is 11.8 Å². The monoisotopic (exact) mass is 379 g/mol. The standard InChI is InChI=1S/C15H21SSi.2ClH.Ti/c1-13-9-7-8-12-15(13,16-2)17(3,4)14-10-5-6-11-14;;;/h5,7-10H,6,12H2,1-4H3;2*1H;/q-1;;;+3/p-2. The summed E-state index contributed by atoms with van der Waals surface area (Å²) >= 11 is 2.04. The third kappa shape index (κ3) is 3.77. The van der Waals surface area contributed by atoms with Gasteiger partial charge in [-0.25, -0.2) is 11.3 Å². The quantitative estimate of drug-likeness (QED) is 0.423. The first kappa shape index (κ1) is 23.1. The van der Waals surface area contributed by atoms with Crippen molar-refractivity contribution >= 4 is 19.8 Å². The van der Waals surface area contributed by atoms with Crippen LogP contribution in [0.25, 0.3) is 0 Å². The minimum atomic E-state index is -1.52. The van der Waals surface area contributed by atoms with Crippen molar-refractivity contribution in [3.05, 3.63) is 47.2 Å². The molecule has 0 aliphatic heterocycles. The van der Waals surface area contributed by atoms with Crippen molar-refractivity contribution in [3.63, 3.8) is 0 Å². The Morgan fingerprint density at radius 3 is 2.35 bits per heavy atom. The van der Waals surface area contributed by atoms with Crippen molar-refractivity contribution in [1.82, 2.24) is 0 Å². The van der Waals surface area contributed by atoms with Crippen molar-refractivity contribution in [2.45, 2.75) is 37.2 Å². The van der Waals surface area contributed by atoms with Crippen LogP contribution in [0.5, 0.6) is 0 Å². The predicted octanol–water partition coefficient (Wildman–Crippen LogP) is -1.52. The average molecular weight is 380 g/mol. The predicted molar refractivity (Wildman–Crippen MR) is 81.8 cm³/mol. The molecule has 0 aromatic heterocycles. The summed E-state index contributed by atoms with van der Waals surface area (Å²) in [5.41, 5.74) is 1.54. The Morgan fingerprint density at radius 1 is 1.25 bits per heavy atom. The van der Waals surface area contributed by atoms with Crippen LogP contribution in [0.3, 0.4) is 0 Å². The molecular formula is C15H21Cl2SSiTi. The van der Waals surface area contributed by atoms with Gasteiger partial charge in [0.1, 0.15) is 0 Å². The molecule has 0 nitrogen and oxygen atoms in total. The maximum Gasteiger partial charge on any atom is 3.00 e. The Morgan fingerprint density at radius 2 is 1.90 bits per heavy atom. The molecular weight excluding hydrogens is 359 g/mol. The second-order valence-corrected chi connectivity index (χ2v) is 11.4. The fourth-order valence-electron chi connectivity index (χ4n) is 3.04. The van der Waals surface area contributed by atoms with Crippen LogP contribution in [0.2, 0.25) is 13.1 Å². The maximum atomic E-state index is 3.58. The fraction of sp³-hybridized carbons (Fsp3) is 0.467. The van der Waals surface area contributed by atoms with Gasteiger partial charge in [-0.05, 0) is 19.6 Å². The summed E-state index contributed by atoms with van der Waals surface area (Å²) in [5.74, 6) is 0. The number of thioether (sulfide) groups is 1. The van der Waals surface area contributed by atoms with Crippen molar-refractivity contribution < 1.29 is 46.5 Å². The Balaban J connectivity index is 0. The summed E-state index contributed by atoms with van der Waals surface area (Å²) in [7, 11) is -1.52. The molecule has 1 unspecified atom stereocenters. The molecule has 0 aromatic carbocycles. The van der Waals surface area contributed by atoms with Gasteiger partial charge in [0, 0.05) is 4.37 Å². The summed E-state index contributed by atoms with van der Waals surface area (Å²) in [5, 5.41) is 1.51. The molecule has 2 rings (SSSR count). The van der Waals surface area contributed by atoms with E-state index in [1.807, 2.05) is 11.8 Å². The van der Waals surface area contributed by atoms with E-state index in [-0.39, 0.29) is 46.5 Å². The van der Waals surface area contributed by atoms with Gasteiger partial charge in [0.15, 0.2) is 0 Å². The zero-order chi connectivity index (χ0) is 12.5. The molecule has 1 atom stereocenters. The summed E-state index contributed by atoms with van der Waals surface area (Å²) in [4.78, 5) is 0. The molecule has 0 aromatic rings. The van der Waals surface area contributed by atoms with Gasteiger partial charge in [0.2, 0.25) is 0 Å². The van der Waals surface area contributed by atoms with E-state index in [0.29, 0.717) is 4.37 Å². The molecule has 0 amide bonds. The molecule has 0 heterocycles. The summed E-state index contributed by atoms with van der Waals surface area (Å²) < 4.78 is 0.318. The van der Waals surface area contributed by atoms with Crippen molar-refractivity contribution in [3.8, 4) is 0 Å². The van der Waals surface area contributed by atoms with Crippen LogP contribution in [0.4, 0.5) is 0 Å². The van der Waals surface area contributed by atoms with Gasteiger partial charge in [-0.15, -0.1) is 6.42 Å². The van der Waals surface area contributed by atoms with Crippen LogP contribution in [-0.2, 0) is 21.7 Å². The summed E-state index contributed by atoms with van der Waals surface area (Å²) in [6, 6.07) is 0. The third-order valence-electron chi connectivity index (χ3n) is 4.25. The zero-order valence-corrected chi connectivity index (χ0v) is 17.4. The van der Waals surface area contributed by atoms with E-state index < -0.39 is 8.07 Å². The van der Waals surface area contributed by atoms with Crippen LogP contribution in [-0.4, -0.2) is 18.7 Å². The van der Waals surface area contributed by atoms with Gasteiger partial charge in [-0.2, -0.15) is 17.8 Å². The summed E-state index contributed by atoms with van der Waals surface area (Å²) in [6.07, 6.45) is 19.4. The molecule has 109 valence electrons. The van der Waals surface area contributed by atoms with E-state index in [1.165, 1.54) is 11.6 Å². The Kier molecular flexibility index (Phi) is 10.5. The molecule has 0 bridgehead atoms. The van der Waals surface area contributed by atoms with Crippen LogP contribution in [0.15, 0.2) is 41.1 Å². The molecule has 2 aliphatic carbocycles. The minimum absolute atomic E-state index is 0. The van der Waals surface area contributed by atoms with E-state index in [1.54, 1.807) is 5.57 Å². The van der Waals surface area contributed by atoms with E-state index in [2.05, 4.69) is 62.7 Å². The second kappa shape index (κ2) is 9.07. The van der Waals surface area contributed by atoms with Gasteiger partial charge in [-0.3, -0.25) is 6.08 Å². The van der Waals surface area contributed by atoms with Crippen LogP contribution < -0.4 is 24.8 Å². The second-order valence-electron chi connectivity index (χ2n) is 5.34. The Labute approximate surface area is 156 Å². The van der Waals surface area contributed by atoms with Crippen molar-refractivity contribution in [2.24, 2.45) is 0 Å². The van der Waals surface area contributed by atoms with E-state index in [0.717, 1.165) is 6.42 Å². The largest absolute Gasteiger partial charge is 3.00 e. The van der Waals surface area contributed by atoms with Gasteiger partial charge in [0.25, 0.3) is 0 Å². The van der Waals surface area contributed by atoms with Crippen LogP contribution in [0, 0.1) is 6.08 Å². The van der Waals surface area contributed by atoms with E-state index >= 15 is 0 Å². The fourth-order valence-corrected chi connectivity index (χ4v) is 9.28. The van der Waals surface area contributed by atoms with Crippen molar-refractivity contribution in [1.29, 1.82) is 0 Å². The minimum Gasteiger partial charge on any atom is -1.00 e. The SMILES string of the molecule is CSC1([Si](C)(C)C2=[C-]CC=C2)CC=CC=C1C.[Cl-].[Cl-].[Ti+3]. The Hall–Kier alpha value is 0.821. The zero-order valence-electron chi connectivity index (χ0n) is 12.5. The molecule has 20 heavy (non-hydrogen) atoms. The number of rotatable bonds is 3. The van der Waals surface area contributed by atoms with Gasteiger partial charge in [0.05, 0.1) is 8.07 Å². The number of hydrogen-bond donors (Lipinski definition) is 0. The van der Waals surface area contributed by atoms with Crippen molar-refractivity contribution in [2.75, 3.05) is 6.26 Å². The molecule has 0 saturated heterocycles. The topological polar surface area (TPSA) is 0 Å². The molecule has 0 N–H and O–H groups in total. The first-order valence-corrected chi connectivity index (χ1v) is 10.4. The van der Waals surface area contributed by atoms with Gasteiger partial charge in [-0.1, -0.05) is 36.9 Å². The molecule has 5 heteroatoms. The number of halogens is 2. The first-order valence-electron chi connectivity index (χ1n) is 6.21. The Bertz CT molecular complexity index is 441. The first-order chi connectivity index (χ1) is 8.04. The normalized spacial score (nSPS) is 24.0. The maximum absolute atomic E-state index is 3.58. The summed E-state index contributed by atoms with van der Waals surface area (Å²) in [6.45, 7) is 7.30. The molecule has 0 spiro atoms. The average Bonchev–Trinajstić information content (AvgIpc) is 2.83.